The molecule has 1 heterocycles. The number of nitrogens with zero attached hydrogens (tertiary/aromatic N) is 2. The van der Waals surface area contributed by atoms with Gasteiger partial charge in [-0.2, -0.15) is 0 Å². The zero-order valence-electron chi connectivity index (χ0n) is 18.1. The number of likely N-dealkylation sites (N-methyl/N-ethyl adjacent to an activating group) is 2. The number of para-hydroxylation sites is 2. The van der Waals surface area contributed by atoms with Gasteiger partial charge in [-0.05, 0) is 37.8 Å². The van der Waals surface area contributed by atoms with E-state index >= 15 is 0 Å². The molecule has 1 aromatic carbocycles. The Morgan fingerprint density at radius 3 is 2.06 bits per heavy atom. The van der Waals surface area contributed by atoms with E-state index in [1.165, 1.54) is 30.8 Å². The van der Waals surface area contributed by atoms with E-state index in [0.29, 0.717) is 17.8 Å². The lowest BCUT2D eigenvalue weighted by molar-refractivity contribution is -0.137. The molecule has 0 aromatic heterocycles. The first-order valence-corrected chi connectivity index (χ1v) is 10.6. The van der Waals surface area contributed by atoms with Crippen molar-refractivity contribution in [2.75, 3.05) is 23.9 Å². The van der Waals surface area contributed by atoms with E-state index in [1.807, 2.05) is 0 Å². The second-order valence-electron chi connectivity index (χ2n) is 8.37. The van der Waals surface area contributed by atoms with E-state index in [-0.39, 0.29) is 11.8 Å². The van der Waals surface area contributed by atoms with Crippen LogP contribution in [0.4, 0.5) is 11.4 Å². The SMILES string of the molecule is C[C@@H](O)[C@H](NC(=O)CC1CCCC1)C(=O)NC1C(=O)N(C)c2ccccc2N(C)C1=O. The average Bonchev–Trinajstić information content (AvgIpc) is 3.24. The van der Waals surface area contributed by atoms with Gasteiger partial charge in [0.05, 0.1) is 17.5 Å². The van der Waals surface area contributed by atoms with Crippen LogP contribution in [0.3, 0.4) is 0 Å². The molecule has 31 heavy (non-hydrogen) atoms. The largest absolute Gasteiger partial charge is 0.391 e. The summed E-state index contributed by atoms with van der Waals surface area (Å²) in [6, 6.07) is 4.19. The highest BCUT2D eigenvalue weighted by Crippen LogP contribution is 2.31. The van der Waals surface area contributed by atoms with Crippen LogP contribution in [0.15, 0.2) is 24.3 Å². The molecule has 1 fully saturated rings. The van der Waals surface area contributed by atoms with E-state index in [1.54, 1.807) is 24.3 Å². The first kappa shape index (κ1) is 22.7. The van der Waals surface area contributed by atoms with Crippen LogP contribution in [-0.2, 0) is 19.2 Å². The molecule has 9 nitrogen and oxygen atoms in total. The molecule has 168 valence electrons. The highest BCUT2D eigenvalue weighted by Gasteiger charge is 2.40. The molecule has 3 rings (SSSR count). The third-order valence-electron chi connectivity index (χ3n) is 6.08. The molecule has 0 radical (unpaired) electrons. The van der Waals surface area contributed by atoms with Crippen LogP contribution in [-0.4, -0.2) is 61.0 Å². The summed E-state index contributed by atoms with van der Waals surface area (Å²) in [6.07, 6.45) is 3.22. The summed E-state index contributed by atoms with van der Waals surface area (Å²) >= 11 is 0. The van der Waals surface area contributed by atoms with Crippen molar-refractivity contribution in [3.63, 3.8) is 0 Å². The summed E-state index contributed by atoms with van der Waals surface area (Å²) in [5.74, 6) is -2.03. The molecule has 1 saturated carbocycles. The van der Waals surface area contributed by atoms with Crippen molar-refractivity contribution < 1.29 is 24.3 Å². The zero-order chi connectivity index (χ0) is 22.7. The molecule has 3 N–H and O–H groups in total. The number of aliphatic hydroxyl groups is 1. The van der Waals surface area contributed by atoms with Crippen LogP contribution in [0.2, 0.25) is 0 Å². The maximum absolute atomic E-state index is 13.0. The lowest BCUT2D eigenvalue weighted by Crippen LogP contribution is -2.60. The van der Waals surface area contributed by atoms with E-state index in [0.717, 1.165) is 25.7 Å². The average molecular weight is 431 g/mol. The summed E-state index contributed by atoms with van der Waals surface area (Å²) in [7, 11) is 3.06. The smallest absolute Gasteiger partial charge is 0.259 e. The predicted molar refractivity (Wildman–Crippen MR) is 115 cm³/mol. The number of hydrogen-bond acceptors (Lipinski definition) is 5. The summed E-state index contributed by atoms with van der Waals surface area (Å²) < 4.78 is 0. The lowest BCUT2D eigenvalue weighted by atomic mass is 10.0. The number of fused-ring (bicyclic) bond motifs is 1. The van der Waals surface area contributed by atoms with Gasteiger partial charge >= 0.3 is 0 Å². The molecule has 9 heteroatoms. The van der Waals surface area contributed by atoms with Gasteiger partial charge in [0.2, 0.25) is 11.8 Å². The number of anilines is 2. The van der Waals surface area contributed by atoms with Crippen LogP contribution in [0.25, 0.3) is 0 Å². The van der Waals surface area contributed by atoms with Gasteiger partial charge < -0.3 is 25.5 Å². The second kappa shape index (κ2) is 9.47. The molecule has 4 amide bonds. The minimum atomic E-state index is -1.47. The molecule has 0 bridgehead atoms. The van der Waals surface area contributed by atoms with Crippen molar-refractivity contribution in [2.24, 2.45) is 5.92 Å². The van der Waals surface area contributed by atoms with Gasteiger partial charge in [0.15, 0.2) is 6.04 Å². The van der Waals surface area contributed by atoms with Crippen LogP contribution < -0.4 is 20.4 Å². The number of amides is 4. The number of rotatable bonds is 6. The molecule has 1 aromatic rings. The Bertz CT molecular complexity index is 824. The Morgan fingerprint density at radius 2 is 1.58 bits per heavy atom. The minimum Gasteiger partial charge on any atom is -0.391 e. The highest BCUT2D eigenvalue weighted by atomic mass is 16.3. The van der Waals surface area contributed by atoms with Crippen molar-refractivity contribution in [2.45, 2.75) is 57.2 Å². The predicted octanol–water partition coefficient (Wildman–Crippen LogP) is 0.557. The molecule has 0 saturated heterocycles. The van der Waals surface area contributed by atoms with Gasteiger partial charge in [-0.1, -0.05) is 25.0 Å². The number of aliphatic hydroxyl groups excluding tert-OH is 1. The summed E-state index contributed by atoms with van der Waals surface area (Å²) in [6.45, 7) is 1.38. The molecular formula is C22H30N4O5. The van der Waals surface area contributed by atoms with Crippen molar-refractivity contribution in [1.29, 1.82) is 0 Å². The third kappa shape index (κ3) is 4.87. The molecule has 2 aliphatic rings. The van der Waals surface area contributed by atoms with Gasteiger partial charge in [-0.25, -0.2) is 0 Å². The minimum absolute atomic E-state index is 0.281. The standard InChI is InChI=1S/C22H30N4O5/c1-13(27)18(23-17(28)12-14-8-4-5-9-14)20(29)24-19-21(30)25(2)15-10-6-7-11-16(15)26(3)22(19)31/h6-7,10-11,13-14,18-19,27H,4-5,8-9,12H2,1-3H3,(H,23,28)(H,24,29)/t13-,18+/m1/s1. The van der Waals surface area contributed by atoms with Crippen LogP contribution in [0, 0.1) is 5.92 Å². The quantitative estimate of drug-likeness (QED) is 0.570. The van der Waals surface area contributed by atoms with Crippen molar-refractivity contribution in [1.82, 2.24) is 10.6 Å². The molecule has 0 spiro atoms. The number of benzene rings is 1. The Balaban J connectivity index is 1.74. The second-order valence-corrected chi connectivity index (χ2v) is 8.37. The lowest BCUT2D eigenvalue weighted by Gasteiger charge is -2.25. The Hall–Kier alpha value is -2.94. The van der Waals surface area contributed by atoms with E-state index in [2.05, 4.69) is 10.6 Å². The Morgan fingerprint density at radius 1 is 1.06 bits per heavy atom. The normalized spacial score (nSPS) is 19.6. The van der Waals surface area contributed by atoms with Crippen molar-refractivity contribution in [3.05, 3.63) is 24.3 Å². The van der Waals surface area contributed by atoms with E-state index < -0.39 is 35.9 Å². The summed E-state index contributed by atoms with van der Waals surface area (Å²) in [5, 5.41) is 15.1. The Labute approximate surface area is 181 Å². The van der Waals surface area contributed by atoms with Gasteiger partial charge in [0.1, 0.15) is 6.04 Å². The first-order chi connectivity index (χ1) is 14.7. The van der Waals surface area contributed by atoms with Crippen molar-refractivity contribution >= 4 is 35.0 Å². The fourth-order valence-corrected chi connectivity index (χ4v) is 4.23. The number of carbonyl (C=O) groups is 4. The maximum Gasteiger partial charge on any atom is 0.259 e. The number of hydrogen-bond donors (Lipinski definition) is 3. The van der Waals surface area contributed by atoms with Gasteiger partial charge in [0, 0.05) is 20.5 Å². The van der Waals surface area contributed by atoms with E-state index in [9.17, 15) is 24.3 Å². The zero-order valence-corrected chi connectivity index (χ0v) is 18.1. The number of carbonyl (C=O) groups excluding carboxylic acids is 4. The van der Waals surface area contributed by atoms with Gasteiger partial charge in [0.25, 0.3) is 11.8 Å². The monoisotopic (exact) mass is 430 g/mol. The van der Waals surface area contributed by atoms with Crippen molar-refractivity contribution in [3.8, 4) is 0 Å². The summed E-state index contributed by atoms with van der Waals surface area (Å²) in [5.41, 5.74) is 1.08. The van der Waals surface area contributed by atoms with E-state index in [4.69, 9.17) is 0 Å². The maximum atomic E-state index is 13.0. The third-order valence-corrected chi connectivity index (χ3v) is 6.08. The molecule has 0 unspecified atom stereocenters. The molecule has 1 aliphatic heterocycles. The fourth-order valence-electron chi connectivity index (χ4n) is 4.23. The van der Waals surface area contributed by atoms with Gasteiger partial charge in [-0.15, -0.1) is 0 Å². The molecular weight excluding hydrogens is 400 g/mol. The summed E-state index contributed by atoms with van der Waals surface area (Å²) in [4.78, 5) is 53.8. The molecule has 2 atom stereocenters. The first-order valence-electron chi connectivity index (χ1n) is 10.6. The highest BCUT2D eigenvalue weighted by molar-refractivity contribution is 6.21. The fraction of sp³-hybridized carbons (Fsp3) is 0.545. The van der Waals surface area contributed by atoms with Gasteiger partial charge in [-0.3, -0.25) is 19.2 Å². The van der Waals surface area contributed by atoms with Crippen LogP contribution >= 0.6 is 0 Å². The Kier molecular flexibility index (Phi) is 6.94. The van der Waals surface area contributed by atoms with Crippen LogP contribution in [0.5, 0.6) is 0 Å². The van der Waals surface area contributed by atoms with Crippen LogP contribution in [0.1, 0.15) is 39.0 Å². The topological polar surface area (TPSA) is 119 Å². The molecule has 1 aliphatic carbocycles. The number of nitrogens with one attached hydrogen (secondary N) is 2.